The average molecular weight is 413 g/mol. The summed E-state index contributed by atoms with van der Waals surface area (Å²) in [6.07, 6.45) is 1.01. The first-order valence-electron chi connectivity index (χ1n) is 9.51. The highest BCUT2D eigenvalue weighted by Gasteiger charge is 2.40. The smallest absolute Gasteiger partial charge is 0.143 e. The second-order valence-corrected chi connectivity index (χ2v) is 9.55. The first-order valence-corrected chi connectivity index (χ1v) is 11.2. The molecular weight excluding hydrogens is 385 g/mol. The fraction of sp³-hybridized carbons (Fsp3) is 0.611. The van der Waals surface area contributed by atoms with E-state index in [1.165, 1.54) is 0 Å². The Bertz CT molecular complexity index is 780. The lowest BCUT2D eigenvalue weighted by Gasteiger charge is -2.45. The molecule has 1 N–H and O–H groups in total. The monoisotopic (exact) mass is 412 g/mol. The molecule has 4 rings (SSSR count). The van der Waals surface area contributed by atoms with Crippen LogP contribution in [0.5, 0.6) is 0 Å². The fourth-order valence-corrected chi connectivity index (χ4v) is 7.27. The van der Waals surface area contributed by atoms with Crippen molar-refractivity contribution in [3.8, 4) is 0 Å². The summed E-state index contributed by atoms with van der Waals surface area (Å²) >= 11 is 0. The standard InChI is InChI=1S/C18H28N5O2P.ClH/c1-2-7-23-18(16-5-3-4-6-17(16)20-23)26(19,21-8-12-24-13-9-21)22-10-14-25-15-11-22;/h3-6,19H,2,7-15H2,1H3;1H/p-1. The molecule has 0 unspecified atom stereocenters. The van der Waals surface area contributed by atoms with Gasteiger partial charge in [-0.05, 0) is 12.5 Å². The fourth-order valence-electron chi connectivity index (χ4n) is 3.90. The highest BCUT2D eigenvalue weighted by Crippen LogP contribution is 2.54. The number of ether oxygens (including phenoxy) is 2. The van der Waals surface area contributed by atoms with Crippen molar-refractivity contribution in [1.82, 2.24) is 19.1 Å². The molecule has 2 saturated heterocycles. The zero-order valence-corrected chi connectivity index (χ0v) is 17.5. The van der Waals surface area contributed by atoms with Crippen LogP contribution in [0.3, 0.4) is 0 Å². The Labute approximate surface area is 167 Å². The maximum absolute atomic E-state index is 9.86. The first-order chi connectivity index (χ1) is 12.7. The third-order valence-electron chi connectivity index (χ3n) is 5.14. The number of aryl methyl sites for hydroxylation is 1. The Balaban J connectivity index is 0.00000210. The first kappa shape index (κ1) is 20.8. The van der Waals surface area contributed by atoms with Gasteiger partial charge in [0.05, 0.1) is 31.9 Å². The molecule has 0 atom stereocenters. The number of nitrogens with one attached hydrogen (secondary N) is 1. The van der Waals surface area contributed by atoms with E-state index < -0.39 is 7.36 Å². The van der Waals surface area contributed by atoms with E-state index in [9.17, 15) is 5.16 Å². The number of benzene rings is 1. The van der Waals surface area contributed by atoms with Gasteiger partial charge in [-0.2, -0.15) is 5.10 Å². The predicted molar refractivity (Wildman–Crippen MR) is 104 cm³/mol. The molecule has 2 aliphatic rings. The predicted octanol–water partition coefficient (Wildman–Crippen LogP) is -0.650. The quantitative estimate of drug-likeness (QED) is 0.661. The van der Waals surface area contributed by atoms with Crippen LogP contribution in [0.15, 0.2) is 24.3 Å². The molecule has 27 heavy (non-hydrogen) atoms. The van der Waals surface area contributed by atoms with Crippen LogP contribution in [0.2, 0.25) is 0 Å². The molecule has 7 nitrogen and oxygen atoms in total. The van der Waals surface area contributed by atoms with Crippen LogP contribution in [0.4, 0.5) is 0 Å². The second-order valence-electron chi connectivity index (χ2n) is 6.80. The summed E-state index contributed by atoms with van der Waals surface area (Å²) in [4.78, 5) is 0. The Morgan fingerprint density at radius 2 is 1.56 bits per heavy atom. The van der Waals surface area contributed by atoms with Crippen LogP contribution in [0, 0.1) is 5.16 Å². The van der Waals surface area contributed by atoms with Gasteiger partial charge in [0, 0.05) is 38.1 Å². The molecule has 0 aliphatic carbocycles. The Hall–Kier alpha value is -0.950. The van der Waals surface area contributed by atoms with E-state index in [-0.39, 0.29) is 12.4 Å². The van der Waals surface area contributed by atoms with E-state index in [1.54, 1.807) is 0 Å². The number of hydrogen-bond acceptors (Lipinski definition) is 4. The van der Waals surface area contributed by atoms with Crippen LogP contribution < -0.4 is 17.8 Å². The summed E-state index contributed by atoms with van der Waals surface area (Å²) in [6.45, 7) is 9.04. The Morgan fingerprint density at radius 1 is 1.00 bits per heavy atom. The van der Waals surface area contributed by atoms with E-state index in [2.05, 4.69) is 39.1 Å². The highest BCUT2D eigenvalue weighted by molar-refractivity contribution is 7.68. The molecule has 1 aromatic heterocycles. The molecular formula is C18H28ClN5O2P-. The van der Waals surface area contributed by atoms with Crippen molar-refractivity contribution in [3.63, 3.8) is 0 Å². The number of nitrogens with zero attached hydrogens (tertiary/aromatic N) is 4. The molecule has 0 saturated carbocycles. The van der Waals surface area contributed by atoms with Crippen LogP contribution >= 0.6 is 7.36 Å². The second kappa shape index (κ2) is 9.03. The third-order valence-corrected chi connectivity index (χ3v) is 8.64. The Morgan fingerprint density at radius 3 is 2.11 bits per heavy atom. The van der Waals surface area contributed by atoms with Gasteiger partial charge < -0.3 is 21.9 Å². The maximum atomic E-state index is 9.86. The van der Waals surface area contributed by atoms with Crippen molar-refractivity contribution in [2.45, 2.75) is 19.9 Å². The minimum Gasteiger partial charge on any atom is -1.00 e. The number of fused-ring (bicyclic) bond motifs is 1. The van der Waals surface area contributed by atoms with E-state index in [4.69, 9.17) is 14.6 Å². The molecule has 1 aromatic carbocycles. The van der Waals surface area contributed by atoms with Crippen LogP contribution in [-0.4, -0.2) is 71.7 Å². The third kappa shape index (κ3) is 3.82. The van der Waals surface area contributed by atoms with Gasteiger partial charge in [0.1, 0.15) is 12.8 Å². The molecule has 9 heteroatoms. The summed E-state index contributed by atoms with van der Waals surface area (Å²) in [7, 11) is -2.48. The molecule has 0 radical (unpaired) electrons. The molecule has 0 amide bonds. The average Bonchev–Trinajstić information content (AvgIpc) is 3.07. The maximum Gasteiger partial charge on any atom is 0.143 e. The lowest BCUT2D eigenvalue weighted by atomic mass is 10.3. The largest absolute Gasteiger partial charge is 1.00 e. The van der Waals surface area contributed by atoms with Gasteiger partial charge in [-0.1, -0.05) is 25.1 Å². The summed E-state index contributed by atoms with van der Waals surface area (Å²) in [6, 6.07) is 8.29. The number of halogens is 1. The normalized spacial score (nSPS) is 19.9. The number of hydrogen-bond donors (Lipinski definition) is 1. The van der Waals surface area contributed by atoms with E-state index >= 15 is 0 Å². The topological polar surface area (TPSA) is 66.6 Å². The van der Waals surface area contributed by atoms with Gasteiger partial charge in [-0.15, -0.1) is 0 Å². The Kier molecular flexibility index (Phi) is 6.95. The lowest BCUT2D eigenvalue weighted by molar-refractivity contribution is -0.00000714. The number of aromatic nitrogens is 2. The molecule has 2 fully saturated rings. The molecule has 2 aromatic rings. The van der Waals surface area contributed by atoms with Crippen LogP contribution in [-0.2, 0) is 16.0 Å². The van der Waals surface area contributed by atoms with E-state index in [1.807, 2.05) is 6.07 Å². The summed E-state index contributed by atoms with van der Waals surface area (Å²) in [5.74, 6) is 0. The van der Waals surface area contributed by atoms with Crippen molar-refractivity contribution in [1.29, 1.82) is 5.16 Å². The summed E-state index contributed by atoms with van der Waals surface area (Å²) in [5.41, 5.74) is 2.09. The highest BCUT2D eigenvalue weighted by atomic mass is 35.5. The van der Waals surface area contributed by atoms with Gasteiger partial charge in [-0.25, -0.2) is 9.34 Å². The van der Waals surface area contributed by atoms with Crippen molar-refractivity contribution in [2.75, 3.05) is 52.6 Å². The molecule has 0 bridgehead atoms. The van der Waals surface area contributed by atoms with Crippen molar-refractivity contribution < 1.29 is 21.9 Å². The molecule has 2 aliphatic heterocycles. The zero-order chi connectivity index (χ0) is 18.0. The number of rotatable bonds is 5. The zero-order valence-electron chi connectivity index (χ0n) is 15.8. The minimum absolute atomic E-state index is 0. The van der Waals surface area contributed by atoms with E-state index in [0.29, 0.717) is 26.4 Å². The van der Waals surface area contributed by atoms with Crippen molar-refractivity contribution >= 4 is 23.7 Å². The van der Waals surface area contributed by atoms with Crippen LogP contribution in [0.25, 0.3) is 10.9 Å². The summed E-state index contributed by atoms with van der Waals surface area (Å²) in [5, 5.41) is 15.9. The van der Waals surface area contributed by atoms with Crippen LogP contribution in [0.1, 0.15) is 13.3 Å². The van der Waals surface area contributed by atoms with Crippen molar-refractivity contribution in [2.24, 2.45) is 0 Å². The van der Waals surface area contributed by atoms with Gasteiger partial charge >= 0.3 is 0 Å². The molecule has 150 valence electrons. The number of morpholine rings is 2. The van der Waals surface area contributed by atoms with Gasteiger partial charge in [-0.3, -0.25) is 9.84 Å². The minimum atomic E-state index is -2.48. The van der Waals surface area contributed by atoms with Gasteiger partial charge in [0.25, 0.3) is 0 Å². The lowest BCUT2D eigenvalue weighted by Crippen LogP contribution is -3.00. The summed E-state index contributed by atoms with van der Waals surface area (Å²) < 4.78 is 18.0. The van der Waals surface area contributed by atoms with Gasteiger partial charge in [0.2, 0.25) is 0 Å². The molecule has 3 heterocycles. The SMILES string of the molecule is CCCn1nc2ccccc2c1P(=N)(N1CCOCC1)N1CCOCC1.[Cl-]. The van der Waals surface area contributed by atoms with E-state index in [0.717, 1.165) is 55.5 Å². The van der Waals surface area contributed by atoms with Gasteiger partial charge in [0.15, 0.2) is 0 Å². The molecule has 0 spiro atoms. The van der Waals surface area contributed by atoms with Crippen molar-refractivity contribution in [3.05, 3.63) is 24.3 Å².